The topological polar surface area (TPSA) is 140 Å². The summed E-state index contributed by atoms with van der Waals surface area (Å²) >= 11 is 12.0. The quantitative estimate of drug-likeness (QED) is 0.189. The van der Waals surface area contributed by atoms with Crippen LogP contribution >= 0.6 is 23.2 Å². The average Bonchev–Trinajstić information content (AvgIpc) is 2.85. The molecule has 0 radical (unpaired) electrons. The maximum absolute atomic E-state index is 13.4. The molecule has 0 aliphatic carbocycles. The molecule has 0 saturated carbocycles. The maximum Gasteiger partial charge on any atom is 1.00 e. The Morgan fingerprint density at radius 1 is 1.08 bits per heavy atom. The van der Waals surface area contributed by atoms with E-state index in [4.69, 9.17) is 27.9 Å². The first kappa shape index (κ1) is 30.8. The van der Waals surface area contributed by atoms with Crippen molar-refractivity contribution in [2.24, 2.45) is 10.2 Å². The van der Waals surface area contributed by atoms with Crippen molar-refractivity contribution in [2.45, 2.75) is 18.7 Å². The number of carbonyl (C=O) groups excluding carboxylic acids is 1. The van der Waals surface area contributed by atoms with Crippen molar-refractivity contribution < 1.29 is 57.2 Å². The minimum atomic E-state index is -4.64. The van der Waals surface area contributed by atoms with Gasteiger partial charge in [-0.2, -0.15) is 18.6 Å². The third-order valence-electron chi connectivity index (χ3n) is 5.55. The number of fused-ring (bicyclic) bond motifs is 1. The molecule has 0 heterocycles. The van der Waals surface area contributed by atoms with E-state index in [-0.39, 0.29) is 62.8 Å². The zero-order valence-corrected chi connectivity index (χ0v) is 25.4. The van der Waals surface area contributed by atoms with Gasteiger partial charge < -0.3 is 15.2 Å². The summed E-state index contributed by atoms with van der Waals surface area (Å²) in [6, 6.07) is 15.6. The number of halogens is 2. The van der Waals surface area contributed by atoms with Crippen molar-refractivity contribution in [3.8, 4) is 11.5 Å². The van der Waals surface area contributed by atoms with Gasteiger partial charge in [0.15, 0.2) is 0 Å². The second kappa shape index (κ2) is 12.6. The van der Waals surface area contributed by atoms with Gasteiger partial charge in [0.1, 0.15) is 10.6 Å². The summed E-state index contributed by atoms with van der Waals surface area (Å²) in [5.41, 5.74) is 0.0488. The molecule has 9 nitrogen and oxygen atoms in total. The molecule has 0 spiro atoms. The molecule has 0 bridgehead atoms. The number of carbonyl (C=O) groups is 1. The van der Waals surface area contributed by atoms with Crippen LogP contribution in [0.15, 0.2) is 75.8 Å². The number of hydrogen-bond donors (Lipinski definition) is 2. The van der Waals surface area contributed by atoms with Crippen LogP contribution in [0.4, 0.5) is 17.1 Å². The smallest absolute Gasteiger partial charge is 0.870 e. The second-order valence-corrected chi connectivity index (χ2v) is 10.2. The van der Waals surface area contributed by atoms with Crippen LogP contribution in [0.2, 0.25) is 10.0 Å². The molecule has 13 heteroatoms. The van der Waals surface area contributed by atoms with Gasteiger partial charge in [0, 0.05) is 16.0 Å². The summed E-state index contributed by atoms with van der Waals surface area (Å²) in [6.45, 7) is 3.53. The third-order valence-corrected chi connectivity index (χ3v) is 7.26. The van der Waals surface area contributed by atoms with E-state index in [1.54, 1.807) is 43.3 Å². The van der Waals surface area contributed by atoms with Crippen LogP contribution in [-0.2, 0) is 10.1 Å². The molecule has 0 aliphatic heterocycles. The van der Waals surface area contributed by atoms with Gasteiger partial charge in [-0.1, -0.05) is 53.2 Å². The van der Waals surface area contributed by atoms with Gasteiger partial charge >= 0.3 is 29.6 Å². The van der Waals surface area contributed by atoms with Gasteiger partial charge in [-0.05, 0) is 61.2 Å². The number of anilines is 1. The minimum absolute atomic E-state index is 0. The molecule has 1 amide bonds. The fourth-order valence-electron chi connectivity index (χ4n) is 3.83. The number of amides is 1. The Labute approximate surface area is 256 Å². The van der Waals surface area contributed by atoms with E-state index < -0.39 is 26.7 Å². The van der Waals surface area contributed by atoms with Crippen molar-refractivity contribution in [1.82, 2.24) is 0 Å². The molecule has 0 unspecified atom stereocenters. The van der Waals surface area contributed by atoms with E-state index in [1.165, 1.54) is 31.2 Å². The molecule has 0 aliphatic rings. The van der Waals surface area contributed by atoms with Gasteiger partial charge in [0.05, 0.1) is 28.7 Å². The van der Waals surface area contributed by atoms with E-state index in [9.17, 15) is 22.9 Å². The summed E-state index contributed by atoms with van der Waals surface area (Å²) in [7, 11) is -4.64. The van der Waals surface area contributed by atoms with E-state index in [0.29, 0.717) is 28.2 Å². The zero-order valence-electron chi connectivity index (χ0n) is 21.0. The number of ether oxygens (including phenoxy) is 1. The first-order chi connectivity index (χ1) is 18.0. The van der Waals surface area contributed by atoms with Crippen LogP contribution in [0, 0.1) is 6.92 Å². The summed E-state index contributed by atoms with van der Waals surface area (Å²) < 4.78 is 38.6. The SMILES string of the molecule is CCOc1ccc(Cl)cc1NC(=O)c1cc2ccccc2c(N=Nc2ccc(Cl)c(S(=O)(=O)O)c2C)c1[O-].[Na+]. The summed E-state index contributed by atoms with van der Waals surface area (Å²) in [5, 5.41) is 25.4. The van der Waals surface area contributed by atoms with Crippen molar-refractivity contribution in [3.63, 3.8) is 0 Å². The summed E-state index contributed by atoms with van der Waals surface area (Å²) in [6.07, 6.45) is 0. The van der Waals surface area contributed by atoms with Gasteiger partial charge in [-0.15, -0.1) is 0 Å². The number of hydrogen-bond acceptors (Lipinski definition) is 7. The van der Waals surface area contributed by atoms with Gasteiger partial charge in [-0.3, -0.25) is 9.35 Å². The normalized spacial score (nSPS) is 11.4. The standard InChI is InChI=1S/C26H21Cl2N3O6S.Na/c1-3-37-22-11-8-16(27)13-21(22)29-26(33)18-12-15-6-4-5-7-17(15)23(24(18)32)31-30-20-10-9-19(28)25(14(20)2)38(34,35)36;/h4-13,32H,3H2,1-2H3,(H,29,33)(H,34,35,36);/q;+1/p-1. The summed E-state index contributed by atoms with van der Waals surface area (Å²) in [5.74, 6) is -1.03. The molecule has 0 saturated heterocycles. The monoisotopic (exact) mass is 595 g/mol. The second-order valence-electron chi connectivity index (χ2n) is 8.05. The molecule has 39 heavy (non-hydrogen) atoms. The predicted molar refractivity (Wildman–Crippen MR) is 144 cm³/mol. The van der Waals surface area contributed by atoms with E-state index in [2.05, 4.69) is 15.5 Å². The number of nitrogens with one attached hydrogen (secondary N) is 1. The number of nitrogens with zero attached hydrogens (tertiary/aromatic N) is 2. The fraction of sp³-hybridized carbons (Fsp3) is 0.115. The summed E-state index contributed by atoms with van der Waals surface area (Å²) in [4.78, 5) is 12.7. The Morgan fingerprint density at radius 2 is 1.79 bits per heavy atom. The van der Waals surface area contributed by atoms with Crippen LogP contribution in [0.25, 0.3) is 10.8 Å². The van der Waals surface area contributed by atoms with Crippen molar-refractivity contribution >= 4 is 67.1 Å². The Hall–Kier alpha value is -2.70. The molecule has 4 aromatic rings. The van der Waals surface area contributed by atoms with Crippen LogP contribution in [0.5, 0.6) is 11.5 Å². The molecule has 0 aromatic heterocycles. The molecule has 0 fully saturated rings. The number of benzene rings is 4. The number of rotatable bonds is 7. The zero-order chi connectivity index (χ0) is 27.6. The van der Waals surface area contributed by atoms with Gasteiger partial charge in [0.25, 0.3) is 16.0 Å². The van der Waals surface area contributed by atoms with Crippen molar-refractivity contribution in [3.05, 3.63) is 81.8 Å². The molecule has 0 atom stereocenters. The molecule has 4 aromatic carbocycles. The van der Waals surface area contributed by atoms with Crippen molar-refractivity contribution in [2.75, 3.05) is 11.9 Å². The predicted octanol–water partition coefficient (Wildman–Crippen LogP) is 3.85. The average molecular weight is 596 g/mol. The molecule has 2 N–H and O–H groups in total. The fourth-order valence-corrected chi connectivity index (χ4v) is 5.30. The Kier molecular flexibility index (Phi) is 10.0. The van der Waals surface area contributed by atoms with E-state index in [1.807, 2.05) is 0 Å². The maximum atomic E-state index is 13.4. The number of azo groups is 1. The van der Waals surface area contributed by atoms with Gasteiger partial charge in [0.2, 0.25) is 0 Å². The Bertz CT molecular complexity index is 1710. The third kappa shape index (κ3) is 6.72. The van der Waals surface area contributed by atoms with E-state index >= 15 is 0 Å². The molecular formula is C26H20Cl2N3NaO6S. The van der Waals surface area contributed by atoms with Crippen LogP contribution in [0.3, 0.4) is 0 Å². The van der Waals surface area contributed by atoms with Crippen LogP contribution in [-0.4, -0.2) is 25.5 Å². The largest absolute Gasteiger partial charge is 1.00 e. The first-order valence-corrected chi connectivity index (χ1v) is 13.4. The molecular weight excluding hydrogens is 576 g/mol. The van der Waals surface area contributed by atoms with Crippen LogP contribution < -0.4 is 44.7 Å². The van der Waals surface area contributed by atoms with Crippen molar-refractivity contribution in [1.29, 1.82) is 0 Å². The van der Waals surface area contributed by atoms with E-state index in [0.717, 1.165) is 0 Å². The Balaban J connectivity index is 0.00000420. The molecule has 4 rings (SSSR count). The Morgan fingerprint density at radius 3 is 2.49 bits per heavy atom. The van der Waals surface area contributed by atoms with Gasteiger partial charge in [-0.25, -0.2) is 0 Å². The molecule has 196 valence electrons. The van der Waals surface area contributed by atoms with Crippen LogP contribution in [0.1, 0.15) is 22.8 Å². The minimum Gasteiger partial charge on any atom is -0.870 e. The first-order valence-electron chi connectivity index (χ1n) is 11.2.